The zero-order valence-corrected chi connectivity index (χ0v) is 14.0. The first-order valence-corrected chi connectivity index (χ1v) is 8.62. The number of hydrogen-bond donors (Lipinski definition) is 1. The standard InChI is InChI=1S/C18H23FN2O4/c19-14-3-1-2-4-15(14)25-11-16(22)21-8-5-12(6-9-21)17-13(18(20)23)7-10-24-17/h1-4,12-13,17H,5-11H2,(H2,20,23)/t13-,17+/m0/s1. The molecule has 0 aromatic heterocycles. The van der Waals surface area contributed by atoms with Crippen LogP contribution in [0.1, 0.15) is 19.3 Å². The second-order valence-corrected chi connectivity index (χ2v) is 6.57. The van der Waals surface area contributed by atoms with Crippen molar-refractivity contribution in [3.05, 3.63) is 30.1 Å². The van der Waals surface area contributed by atoms with Gasteiger partial charge in [-0.05, 0) is 37.3 Å². The number of ether oxygens (including phenoxy) is 2. The van der Waals surface area contributed by atoms with Crippen LogP contribution in [0.15, 0.2) is 24.3 Å². The lowest BCUT2D eigenvalue weighted by Crippen LogP contribution is -2.45. The molecule has 2 saturated heterocycles. The average Bonchev–Trinajstić information content (AvgIpc) is 3.11. The van der Waals surface area contributed by atoms with Crippen molar-refractivity contribution in [3.63, 3.8) is 0 Å². The summed E-state index contributed by atoms with van der Waals surface area (Å²) in [5.74, 6) is -0.868. The van der Waals surface area contributed by atoms with Gasteiger partial charge < -0.3 is 20.1 Å². The average molecular weight is 350 g/mol. The van der Waals surface area contributed by atoms with Gasteiger partial charge in [0.15, 0.2) is 18.2 Å². The third kappa shape index (κ3) is 4.10. The molecule has 6 nitrogen and oxygen atoms in total. The van der Waals surface area contributed by atoms with E-state index in [0.717, 1.165) is 12.8 Å². The van der Waals surface area contributed by atoms with E-state index in [-0.39, 0.29) is 42.1 Å². The second-order valence-electron chi connectivity index (χ2n) is 6.57. The van der Waals surface area contributed by atoms with Gasteiger partial charge in [-0.1, -0.05) is 12.1 Å². The van der Waals surface area contributed by atoms with E-state index in [1.165, 1.54) is 12.1 Å². The highest BCUT2D eigenvalue weighted by atomic mass is 19.1. The van der Waals surface area contributed by atoms with Crippen molar-refractivity contribution < 1.29 is 23.5 Å². The third-order valence-electron chi connectivity index (χ3n) is 5.05. The van der Waals surface area contributed by atoms with Crippen LogP contribution in [0.2, 0.25) is 0 Å². The van der Waals surface area contributed by atoms with Gasteiger partial charge in [0, 0.05) is 19.7 Å². The maximum Gasteiger partial charge on any atom is 0.260 e. The summed E-state index contributed by atoms with van der Waals surface area (Å²) in [5, 5.41) is 0. The van der Waals surface area contributed by atoms with Gasteiger partial charge in [-0.25, -0.2) is 4.39 Å². The molecule has 0 unspecified atom stereocenters. The van der Waals surface area contributed by atoms with Crippen molar-refractivity contribution in [2.75, 3.05) is 26.3 Å². The maximum atomic E-state index is 13.5. The van der Waals surface area contributed by atoms with Crippen molar-refractivity contribution in [2.24, 2.45) is 17.6 Å². The first-order chi connectivity index (χ1) is 12.1. The number of likely N-dealkylation sites (tertiary alicyclic amines) is 1. The van der Waals surface area contributed by atoms with E-state index in [1.807, 2.05) is 0 Å². The highest BCUT2D eigenvalue weighted by Crippen LogP contribution is 2.33. The number of para-hydroxylation sites is 1. The second kappa shape index (κ2) is 7.82. The molecule has 0 bridgehead atoms. The predicted octanol–water partition coefficient (Wildman–Crippen LogP) is 1.33. The molecule has 2 atom stereocenters. The van der Waals surface area contributed by atoms with Crippen LogP contribution in [0.5, 0.6) is 5.75 Å². The SMILES string of the molecule is NC(=O)[C@H]1CCO[C@@H]1C1CCN(C(=O)COc2ccccc2F)CC1. The summed E-state index contributed by atoms with van der Waals surface area (Å²) in [7, 11) is 0. The van der Waals surface area contributed by atoms with Crippen molar-refractivity contribution in [1.82, 2.24) is 4.90 Å². The van der Waals surface area contributed by atoms with Crippen LogP contribution in [0.25, 0.3) is 0 Å². The quantitative estimate of drug-likeness (QED) is 0.869. The van der Waals surface area contributed by atoms with Crippen molar-refractivity contribution in [2.45, 2.75) is 25.4 Å². The molecule has 0 saturated carbocycles. The van der Waals surface area contributed by atoms with E-state index < -0.39 is 5.82 Å². The molecule has 136 valence electrons. The monoisotopic (exact) mass is 350 g/mol. The first-order valence-electron chi connectivity index (χ1n) is 8.62. The summed E-state index contributed by atoms with van der Waals surface area (Å²) in [6.07, 6.45) is 2.07. The van der Waals surface area contributed by atoms with Crippen molar-refractivity contribution in [1.29, 1.82) is 0 Å². The maximum absolute atomic E-state index is 13.5. The molecule has 1 aromatic carbocycles. The van der Waals surface area contributed by atoms with E-state index >= 15 is 0 Å². The fourth-order valence-electron chi connectivity index (χ4n) is 3.65. The molecular weight excluding hydrogens is 327 g/mol. The van der Waals surface area contributed by atoms with Crippen LogP contribution in [0.3, 0.4) is 0 Å². The smallest absolute Gasteiger partial charge is 0.260 e. The summed E-state index contributed by atoms with van der Waals surface area (Å²) in [6.45, 7) is 1.54. The number of nitrogens with two attached hydrogens (primary N) is 1. The van der Waals surface area contributed by atoms with Crippen LogP contribution in [0.4, 0.5) is 4.39 Å². The van der Waals surface area contributed by atoms with E-state index in [0.29, 0.717) is 26.1 Å². The van der Waals surface area contributed by atoms with Crippen LogP contribution in [-0.2, 0) is 14.3 Å². The molecule has 0 aliphatic carbocycles. The highest BCUT2D eigenvalue weighted by molar-refractivity contribution is 5.78. The number of nitrogens with zero attached hydrogens (tertiary/aromatic N) is 1. The number of benzene rings is 1. The zero-order chi connectivity index (χ0) is 17.8. The topological polar surface area (TPSA) is 81.9 Å². The minimum Gasteiger partial charge on any atom is -0.481 e. The summed E-state index contributed by atoms with van der Waals surface area (Å²) < 4.78 is 24.5. The normalized spacial score (nSPS) is 24.3. The number of rotatable bonds is 5. The molecule has 1 aromatic rings. The molecule has 2 aliphatic rings. The number of carbonyl (C=O) groups excluding carboxylic acids is 2. The van der Waals surface area contributed by atoms with Gasteiger partial charge in [0.1, 0.15) is 0 Å². The number of halogens is 1. The Labute approximate surface area is 146 Å². The van der Waals surface area contributed by atoms with Gasteiger partial charge in [0.05, 0.1) is 12.0 Å². The Morgan fingerprint density at radius 3 is 2.64 bits per heavy atom. The van der Waals surface area contributed by atoms with E-state index in [2.05, 4.69) is 0 Å². The van der Waals surface area contributed by atoms with E-state index in [9.17, 15) is 14.0 Å². The van der Waals surface area contributed by atoms with Gasteiger partial charge in [-0.3, -0.25) is 9.59 Å². The minimum absolute atomic E-state index is 0.0781. The van der Waals surface area contributed by atoms with Gasteiger partial charge in [0.2, 0.25) is 5.91 Å². The Kier molecular flexibility index (Phi) is 5.53. The molecule has 2 heterocycles. The molecule has 7 heteroatoms. The predicted molar refractivity (Wildman–Crippen MR) is 88.2 cm³/mol. The Morgan fingerprint density at radius 2 is 1.96 bits per heavy atom. The molecule has 3 rings (SSSR count). The van der Waals surface area contributed by atoms with E-state index in [1.54, 1.807) is 17.0 Å². The molecule has 2 aliphatic heterocycles. The van der Waals surface area contributed by atoms with Crippen LogP contribution in [0, 0.1) is 17.7 Å². The van der Waals surface area contributed by atoms with E-state index in [4.69, 9.17) is 15.2 Å². The Morgan fingerprint density at radius 1 is 1.24 bits per heavy atom. The van der Waals surface area contributed by atoms with Gasteiger partial charge in [0.25, 0.3) is 5.91 Å². The fourth-order valence-corrected chi connectivity index (χ4v) is 3.65. The fraction of sp³-hybridized carbons (Fsp3) is 0.556. The molecule has 2 fully saturated rings. The molecule has 25 heavy (non-hydrogen) atoms. The molecule has 0 spiro atoms. The third-order valence-corrected chi connectivity index (χ3v) is 5.05. The molecule has 2 amide bonds. The van der Waals surface area contributed by atoms with Gasteiger partial charge >= 0.3 is 0 Å². The number of amides is 2. The lowest BCUT2D eigenvalue weighted by atomic mass is 9.84. The number of piperidine rings is 1. The summed E-state index contributed by atoms with van der Waals surface area (Å²) in [5.41, 5.74) is 5.45. The minimum atomic E-state index is -0.482. The lowest BCUT2D eigenvalue weighted by Gasteiger charge is -2.35. The zero-order valence-electron chi connectivity index (χ0n) is 14.0. The van der Waals surface area contributed by atoms with Gasteiger partial charge in [-0.15, -0.1) is 0 Å². The summed E-state index contributed by atoms with van der Waals surface area (Å²) >= 11 is 0. The highest BCUT2D eigenvalue weighted by Gasteiger charge is 2.39. The Bertz CT molecular complexity index is 631. The number of primary amides is 1. The molecule has 2 N–H and O–H groups in total. The first kappa shape index (κ1) is 17.7. The summed E-state index contributed by atoms with van der Waals surface area (Å²) in [4.78, 5) is 25.5. The lowest BCUT2D eigenvalue weighted by molar-refractivity contribution is -0.136. The number of hydrogen-bond acceptors (Lipinski definition) is 4. The molecular formula is C18H23FN2O4. The van der Waals surface area contributed by atoms with Crippen molar-refractivity contribution >= 4 is 11.8 Å². The largest absolute Gasteiger partial charge is 0.481 e. The van der Waals surface area contributed by atoms with Crippen molar-refractivity contribution in [3.8, 4) is 5.75 Å². The van der Waals surface area contributed by atoms with Crippen LogP contribution < -0.4 is 10.5 Å². The summed E-state index contributed by atoms with van der Waals surface area (Å²) in [6, 6.07) is 6.02. The Hall–Kier alpha value is -2.15. The number of carbonyl (C=O) groups is 2. The van der Waals surface area contributed by atoms with Crippen LogP contribution in [-0.4, -0.2) is 49.1 Å². The Balaban J connectivity index is 1.48. The van der Waals surface area contributed by atoms with Gasteiger partial charge in [-0.2, -0.15) is 0 Å². The molecule has 0 radical (unpaired) electrons. The van der Waals surface area contributed by atoms with Crippen LogP contribution >= 0.6 is 0 Å².